The monoisotopic (exact) mass is 427 g/mol. The van der Waals surface area contributed by atoms with Gasteiger partial charge in [-0.2, -0.15) is 13.2 Å². The molecule has 0 saturated heterocycles. The Kier molecular flexibility index (Phi) is 5.62. The molecule has 0 aliphatic heterocycles. The number of hydrogen-bond donors (Lipinski definition) is 1. The second kappa shape index (κ2) is 7.57. The Labute approximate surface area is 170 Å². The zero-order valence-electron chi connectivity index (χ0n) is 16.2. The summed E-state index contributed by atoms with van der Waals surface area (Å²) in [7, 11) is 1.23. The Morgan fingerprint density at radius 1 is 1.14 bits per heavy atom. The maximum Gasteiger partial charge on any atom is 0.398 e. The molecule has 0 radical (unpaired) electrons. The Hall–Kier alpha value is -2.19. The average molecular weight is 427 g/mol. The van der Waals surface area contributed by atoms with Gasteiger partial charge in [0, 0.05) is 39.3 Å². The van der Waals surface area contributed by atoms with Crippen molar-refractivity contribution in [2.24, 2.45) is 0 Å². The summed E-state index contributed by atoms with van der Waals surface area (Å²) in [6.45, 7) is 2.33. The number of methoxy groups -OCH3 is 1. The zero-order valence-corrected chi connectivity index (χ0v) is 17.0. The molecule has 2 aromatic heterocycles. The van der Waals surface area contributed by atoms with Crippen LogP contribution in [0.5, 0.6) is 5.75 Å². The molecule has 1 N–H and O–H groups in total. The number of benzene rings is 1. The summed E-state index contributed by atoms with van der Waals surface area (Å²) in [6.07, 6.45) is -2.06. The normalized spacial score (nSPS) is 16.4. The van der Waals surface area contributed by atoms with E-state index in [9.17, 15) is 22.7 Å². The molecular formula is C21H21F4NO2S. The van der Waals surface area contributed by atoms with Crippen molar-refractivity contribution < 1.29 is 27.4 Å². The Morgan fingerprint density at radius 2 is 1.86 bits per heavy atom. The summed E-state index contributed by atoms with van der Waals surface area (Å²) in [6, 6.07) is 6.67. The molecule has 2 unspecified atom stereocenters. The van der Waals surface area contributed by atoms with Crippen molar-refractivity contribution in [3.05, 3.63) is 59.0 Å². The van der Waals surface area contributed by atoms with Crippen LogP contribution >= 0.6 is 11.3 Å². The molecule has 0 saturated carbocycles. The number of aliphatic hydroxyl groups is 1. The lowest BCUT2D eigenvalue weighted by Crippen LogP contribution is -2.47. The minimum absolute atomic E-state index is 0.0235. The van der Waals surface area contributed by atoms with Crippen molar-refractivity contribution in [1.82, 2.24) is 4.98 Å². The first kappa shape index (κ1) is 21.5. The molecule has 0 fully saturated rings. The van der Waals surface area contributed by atoms with Gasteiger partial charge in [0.15, 0.2) is 0 Å². The Balaban J connectivity index is 1.98. The summed E-state index contributed by atoms with van der Waals surface area (Å²) in [5, 5.41) is 11.8. The molecule has 8 heteroatoms. The average Bonchev–Trinajstić information content (AvgIpc) is 3.01. The van der Waals surface area contributed by atoms with Gasteiger partial charge in [-0.15, -0.1) is 11.3 Å². The molecule has 156 valence electrons. The standard InChI is InChI=1S/C21H21F4NO2S/c1-19(27,10-15-8-13-11-26-7-6-18(13)29-15)12-20(2,21(23,24)25)16-9-14(22)4-5-17(16)28-3/h4-9,11,27H,10,12H2,1-3H3. The summed E-state index contributed by atoms with van der Waals surface area (Å²) in [5.74, 6) is -0.872. The van der Waals surface area contributed by atoms with E-state index in [-0.39, 0.29) is 17.7 Å². The van der Waals surface area contributed by atoms with Gasteiger partial charge in [0.2, 0.25) is 0 Å². The van der Waals surface area contributed by atoms with E-state index in [4.69, 9.17) is 4.74 Å². The van der Waals surface area contributed by atoms with Crippen LogP contribution in [0.1, 0.15) is 30.7 Å². The molecule has 29 heavy (non-hydrogen) atoms. The highest BCUT2D eigenvalue weighted by molar-refractivity contribution is 7.19. The topological polar surface area (TPSA) is 42.4 Å². The summed E-state index contributed by atoms with van der Waals surface area (Å²) >= 11 is 1.40. The molecule has 0 aliphatic rings. The smallest absolute Gasteiger partial charge is 0.398 e. The second-order valence-corrected chi connectivity index (χ2v) is 8.82. The highest BCUT2D eigenvalue weighted by atomic mass is 32.1. The maximum absolute atomic E-state index is 14.2. The number of pyridine rings is 1. The van der Waals surface area contributed by atoms with Crippen LogP contribution in [-0.4, -0.2) is 29.0 Å². The van der Waals surface area contributed by atoms with Gasteiger partial charge in [-0.05, 0) is 50.6 Å². The fraction of sp³-hybridized carbons (Fsp3) is 0.381. The van der Waals surface area contributed by atoms with E-state index in [1.165, 1.54) is 31.4 Å². The highest BCUT2D eigenvalue weighted by Crippen LogP contribution is 2.49. The van der Waals surface area contributed by atoms with Gasteiger partial charge in [-0.1, -0.05) is 0 Å². The first-order valence-corrected chi connectivity index (χ1v) is 9.72. The number of aromatic nitrogens is 1. The molecule has 0 amide bonds. The minimum Gasteiger partial charge on any atom is -0.496 e. The van der Waals surface area contributed by atoms with E-state index in [0.717, 1.165) is 34.0 Å². The first-order chi connectivity index (χ1) is 13.4. The van der Waals surface area contributed by atoms with Crippen LogP contribution in [0.15, 0.2) is 42.7 Å². The van der Waals surface area contributed by atoms with Crippen molar-refractivity contribution in [2.75, 3.05) is 7.11 Å². The summed E-state index contributed by atoms with van der Waals surface area (Å²) < 4.78 is 62.4. The Morgan fingerprint density at radius 3 is 2.48 bits per heavy atom. The van der Waals surface area contributed by atoms with Crippen LogP contribution in [0, 0.1) is 5.82 Å². The summed E-state index contributed by atoms with van der Waals surface area (Å²) in [5.41, 5.74) is -4.55. The third-order valence-corrected chi connectivity index (χ3v) is 6.15. The first-order valence-electron chi connectivity index (χ1n) is 8.91. The lowest BCUT2D eigenvalue weighted by molar-refractivity contribution is -0.200. The van der Waals surface area contributed by atoms with E-state index in [1.54, 1.807) is 12.4 Å². The number of ether oxygens (including phenoxy) is 1. The molecule has 3 nitrogen and oxygen atoms in total. The van der Waals surface area contributed by atoms with E-state index >= 15 is 0 Å². The van der Waals surface area contributed by atoms with Crippen LogP contribution in [-0.2, 0) is 11.8 Å². The van der Waals surface area contributed by atoms with E-state index in [2.05, 4.69) is 4.98 Å². The molecule has 0 aliphatic carbocycles. The van der Waals surface area contributed by atoms with Crippen molar-refractivity contribution in [1.29, 1.82) is 0 Å². The van der Waals surface area contributed by atoms with Crippen LogP contribution in [0.3, 0.4) is 0 Å². The van der Waals surface area contributed by atoms with Crippen molar-refractivity contribution in [3.8, 4) is 5.75 Å². The lowest BCUT2D eigenvalue weighted by atomic mass is 9.72. The molecule has 1 aromatic carbocycles. The van der Waals surface area contributed by atoms with Gasteiger partial charge in [-0.25, -0.2) is 4.39 Å². The molecule has 0 bridgehead atoms. The number of alkyl halides is 3. The maximum atomic E-state index is 14.2. The third kappa shape index (κ3) is 4.38. The number of nitrogens with zero attached hydrogens (tertiary/aromatic N) is 1. The molecule has 2 atom stereocenters. The molecule has 0 spiro atoms. The number of rotatable bonds is 6. The van der Waals surface area contributed by atoms with Gasteiger partial charge in [0.05, 0.1) is 18.1 Å². The van der Waals surface area contributed by atoms with E-state index in [1.807, 2.05) is 12.1 Å². The second-order valence-electron chi connectivity index (χ2n) is 7.65. The molecule has 3 aromatic rings. The molecule has 2 heterocycles. The molecular weight excluding hydrogens is 406 g/mol. The van der Waals surface area contributed by atoms with E-state index in [0.29, 0.717) is 0 Å². The number of thiophene rings is 1. The third-order valence-electron chi connectivity index (χ3n) is 5.04. The zero-order chi connectivity index (χ0) is 21.4. The van der Waals surface area contributed by atoms with Crippen LogP contribution < -0.4 is 4.74 Å². The summed E-state index contributed by atoms with van der Waals surface area (Å²) in [4.78, 5) is 4.77. The van der Waals surface area contributed by atoms with Gasteiger partial charge < -0.3 is 9.84 Å². The largest absolute Gasteiger partial charge is 0.496 e. The van der Waals surface area contributed by atoms with Crippen molar-refractivity contribution >= 4 is 21.4 Å². The predicted octanol–water partition coefficient (Wildman–Crippen LogP) is 5.65. The Bertz CT molecular complexity index is 982. The van der Waals surface area contributed by atoms with Gasteiger partial charge in [-0.3, -0.25) is 4.98 Å². The minimum atomic E-state index is -4.73. The highest BCUT2D eigenvalue weighted by Gasteiger charge is 2.56. The predicted molar refractivity (Wildman–Crippen MR) is 105 cm³/mol. The fourth-order valence-corrected chi connectivity index (χ4v) is 4.90. The fourth-order valence-electron chi connectivity index (χ4n) is 3.69. The quantitative estimate of drug-likeness (QED) is 0.517. The molecule has 3 rings (SSSR count). The SMILES string of the molecule is COc1ccc(F)cc1C(C)(CC(C)(O)Cc1cc2cnccc2s1)C(F)(F)F. The van der Waals surface area contributed by atoms with Crippen LogP contribution in [0.25, 0.3) is 10.1 Å². The lowest BCUT2D eigenvalue weighted by Gasteiger charge is -2.39. The number of hydrogen-bond acceptors (Lipinski definition) is 4. The number of halogens is 4. The van der Waals surface area contributed by atoms with Crippen LogP contribution in [0.4, 0.5) is 17.6 Å². The van der Waals surface area contributed by atoms with Gasteiger partial charge in [0.1, 0.15) is 11.6 Å². The van der Waals surface area contributed by atoms with Crippen LogP contribution in [0.2, 0.25) is 0 Å². The number of fused-ring (bicyclic) bond motifs is 1. The van der Waals surface area contributed by atoms with E-state index < -0.39 is 29.4 Å². The van der Waals surface area contributed by atoms with Crippen molar-refractivity contribution in [3.63, 3.8) is 0 Å². The van der Waals surface area contributed by atoms with Gasteiger partial charge >= 0.3 is 6.18 Å². The van der Waals surface area contributed by atoms with Gasteiger partial charge in [0.25, 0.3) is 0 Å². The van der Waals surface area contributed by atoms with Crippen molar-refractivity contribution in [2.45, 2.75) is 43.9 Å².